The molecule has 6 heteroatoms. The lowest BCUT2D eigenvalue weighted by atomic mass is 9.94. The maximum atomic E-state index is 11.8. The van der Waals surface area contributed by atoms with Crippen LogP contribution in [0.4, 0.5) is 0 Å². The molecule has 98 valence electrons. The zero-order chi connectivity index (χ0) is 12.9. The number of nitrogens with zero attached hydrogens (tertiary/aromatic N) is 1. The third kappa shape index (κ3) is 1.65. The molecule has 0 unspecified atom stereocenters. The van der Waals surface area contributed by atoms with E-state index in [0.717, 1.165) is 12.8 Å². The van der Waals surface area contributed by atoms with Crippen molar-refractivity contribution in [2.24, 2.45) is 17.8 Å². The number of aromatic amines is 1. The number of nitrogens with one attached hydrogen (secondary N) is 1. The number of alkyl halides is 1. The van der Waals surface area contributed by atoms with E-state index < -0.39 is 0 Å². The van der Waals surface area contributed by atoms with Gasteiger partial charge in [-0.05, 0) is 30.6 Å². The molecule has 0 radical (unpaired) electrons. The van der Waals surface area contributed by atoms with E-state index in [9.17, 15) is 14.7 Å². The van der Waals surface area contributed by atoms with Crippen molar-refractivity contribution in [1.82, 2.24) is 9.55 Å². The van der Waals surface area contributed by atoms with Gasteiger partial charge in [0.15, 0.2) is 0 Å². The fourth-order valence-electron chi connectivity index (χ4n) is 3.69. The topological polar surface area (TPSA) is 75.1 Å². The average molecular weight is 271 g/mol. The molecule has 2 aliphatic carbocycles. The van der Waals surface area contributed by atoms with Gasteiger partial charge in [0.1, 0.15) is 0 Å². The number of hydrogen-bond donors (Lipinski definition) is 2. The van der Waals surface area contributed by atoms with Crippen LogP contribution < -0.4 is 11.2 Å². The van der Waals surface area contributed by atoms with E-state index >= 15 is 0 Å². The highest BCUT2D eigenvalue weighted by Gasteiger charge is 2.53. The van der Waals surface area contributed by atoms with Gasteiger partial charge in [0.2, 0.25) is 0 Å². The first-order valence-electron chi connectivity index (χ1n) is 6.18. The maximum Gasteiger partial charge on any atom is 0.328 e. The molecule has 0 amide bonds. The van der Waals surface area contributed by atoms with Crippen molar-refractivity contribution in [1.29, 1.82) is 0 Å². The minimum atomic E-state index is -0.381. The van der Waals surface area contributed by atoms with Crippen LogP contribution in [-0.4, -0.2) is 26.6 Å². The lowest BCUT2D eigenvalue weighted by molar-refractivity contribution is 0.184. The molecule has 5 nitrogen and oxygen atoms in total. The van der Waals surface area contributed by atoms with Gasteiger partial charge in [-0.2, -0.15) is 0 Å². The van der Waals surface area contributed by atoms with Gasteiger partial charge in [-0.15, -0.1) is 11.6 Å². The SMILES string of the molecule is O=c1ccn([C@H]2C[C@H]3[C@H](CO)[C@@H]2C[C@@H]3Cl)c(=O)[nH]1. The lowest BCUT2D eigenvalue weighted by Gasteiger charge is -2.25. The standard InChI is InChI=1S/C12H15ClN2O3/c13-9-3-7-8(5-16)6(9)4-10(7)15-2-1-11(17)14-12(15)18/h1-2,6-10,16H,3-5H2,(H,14,17,18)/t6-,7-,8-,9-,10-/m0/s1. The van der Waals surface area contributed by atoms with Gasteiger partial charge in [0.25, 0.3) is 5.56 Å². The third-order valence-electron chi connectivity index (χ3n) is 4.49. The summed E-state index contributed by atoms with van der Waals surface area (Å²) in [5.74, 6) is 0.674. The van der Waals surface area contributed by atoms with Crippen LogP contribution in [0, 0.1) is 17.8 Å². The predicted octanol–water partition coefficient (Wildman–Crippen LogP) is 0.333. The van der Waals surface area contributed by atoms with Crippen molar-refractivity contribution in [3.05, 3.63) is 33.1 Å². The second-order valence-corrected chi connectivity index (χ2v) is 5.81. The summed E-state index contributed by atoms with van der Waals surface area (Å²) in [5, 5.41) is 9.54. The molecule has 0 aromatic carbocycles. The number of fused-ring (bicyclic) bond motifs is 2. The zero-order valence-electron chi connectivity index (χ0n) is 9.75. The van der Waals surface area contributed by atoms with Crippen molar-refractivity contribution < 1.29 is 5.11 Å². The molecule has 1 heterocycles. The van der Waals surface area contributed by atoms with Crippen LogP contribution in [-0.2, 0) is 0 Å². The Morgan fingerprint density at radius 1 is 1.39 bits per heavy atom. The Kier molecular flexibility index (Phi) is 2.83. The van der Waals surface area contributed by atoms with Gasteiger partial charge >= 0.3 is 5.69 Å². The first-order valence-corrected chi connectivity index (χ1v) is 6.62. The molecule has 18 heavy (non-hydrogen) atoms. The van der Waals surface area contributed by atoms with Crippen LogP contribution in [0.3, 0.4) is 0 Å². The second-order valence-electron chi connectivity index (χ2n) is 5.25. The minimum absolute atomic E-state index is 0.0477. The minimum Gasteiger partial charge on any atom is -0.396 e. The summed E-state index contributed by atoms with van der Waals surface area (Å²) < 4.78 is 1.58. The molecule has 2 N–H and O–H groups in total. The van der Waals surface area contributed by atoms with Gasteiger partial charge in [0, 0.05) is 30.3 Å². The molecule has 2 aliphatic rings. The average Bonchev–Trinajstić information content (AvgIpc) is 2.82. The van der Waals surface area contributed by atoms with Crippen LogP contribution in [0.25, 0.3) is 0 Å². The molecule has 1 aromatic heterocycles. The molecule has 0 saturated heterocycles. The molecular formula is C12H15ClN2O3. The normalized spacial score (nSPS) is 38.2. The number of aromatic nitrogens is 2. The molecule has 1 aromatic rings. The second kappa shape index (κ2) is 4.24. The van der Waals surface area contributed by atoms with Crippen LogP contribution in [0.1, 0.15) is 18.9 Å². The molecule has 0 spiro atoms. The van der Waals surface area contributed by atoms with E-state index in [-0.39, 0.29) is 47.0 Å². The Bertz CT molecular complexity index is 567. The Balaban J connectivity index is 1.96. The van der Waals surface area contributed by atoms with Gasteiger partial charge in [-0.3, -0.25) is 14.3 Å². The van der Waals surface area contributed by atoms with Crippen molar-refractivity contribution in [3.8, 4) is 0 Å². The van der Waals surface area contributed by atoms with Crippen molar-refractivity contribution in [3.63, 3.8) is 0 Å². The summed E-state index contributed by atoms with van der Waals surface area (Å²) in [6.07, 6.45) is 3.17. The quantitative estimate of drug-likeness (QED) is 0.761. The van der Waals surface area contributed by atoms with E-state index in [2.05, 4.69) is 4.98 Å². The number of hydrogen-bond acceptors (Lipinski definition) is 3. The first kappa shape index (κ1) is 12.0. The maximum absolute atomic E-state index is 11.8. The summed E-state index contributed by atoms with van der Waals surface area (Å²) >= 11 is 6.24. The number of aliphatic hydroxyl groups excluding tert-OH is 1. The van der Waals surface area contributed by atoms with Gasteiger partial charge in [0.05, 0.1) is 0 Å². The van der Waals surface area contributed by atoms with Crippen LogP contribution >= 0.6 is 11.6 Å². The van der Waals surface area contributed by atoms with E-state index in [1.165, 1.54) is 6.07 Å². The summed E-state index contributed by atoms with van der Waals surface area (Å²) in [6.45, 7) is 0.118. The van der Waals surface area contributed by atoms with E-state index in [1.807, 2.05) is 0 Å². The Morgan fingerprint density at radius 2 is 2.17 bits per heavy atom. The summed E-state index contributed by atoms with van der Waals surface area (Å²) in [4.78, 5) is 25.1. The molecule has 5 atom stereocenters. The zero-order valence-corrected chi connectivity index (χ0v) is 10.5. The van der Waals surface area contributed by atoms with Gasteiger partial charge < -0.3 is 5.11 Å². The highest BCUT2D eigenvalue weighted by atomic mass is 35.5. The molecule has 2 bridgehead atoms. The van der Waals surface area contributed by atoms with Crippen molar-refractivity contribution in [2.75, 3.05) is 6.61 Å². The molecule has 3 rings (SSSR count). The third-order valence-corrected chi connectivity index (χ3v) is 4.99. The van der Waals surface area contributed by atoms with Crippen LogP contribution in [0.5, 0.6) is 0 Å². The Labute approximate surface area is 108 Å². The molecule has 2 saturated carbocycles. The molecular weight excluding hydrogens is 256 g/mol. The predicted molar refractivity (Wildman–Crippen MR) is 66.8 cm³/mol. The van der Waals surface area contributed by atoms with Crippen LogP contribution in [0.15, 0.2) is 21.9 Å². The van der Waals surface area contributed by atoms with Gasteiger partial charge in [-0.25, -0.2) is 4.79 Å². The fourth-order valence-corrected chi connectivity index (χ4v) is 4.19. The van der Waals surface area contributed by atoms with Crippen LogP contribution in [0.2, 0.25) is 0 Å². The summed E-state index contributed by atoms with van der Waals surface area (Å²) in [6, 6.07) is 1.41. The van der Waals surface area contributed by atoms with E-state index in [0.29, 0.717) is 0 Å². The summed E-state index contributed by atoms with van der Waals surface area (Å²) in [7, 11) is 0. The van der Waals surface area contributed by atoms with E-state index in [4.69, 9.17) is 11.6 Å². The highest BCUT2D eigenvalue weighted by molar-refractivity contribution is 6.21. The fraction of sp³-hybridized carbons (Fsp3) is 0.667. The molecule has 0 aliphatic heterocycles. The Morgan fingerprint density at radius 3 is 2.78 bits per heavy atom. The smallest absolute Gasteiger partial charge is 0.328 e. The number of aliphatic hydroxyl groups is 1. The van der Waals surface area contributed by atoms with E-state index in [1.54, 1.807) is 10.8 Å². The highest BCUT2D eigenvalue weighted by Crippen LogP contribution is 2.55. The number of H-pyrrole nitrogens is 1. The monoisotopic (exact) mass is 270 g/mol. The van der Waals surface area contributed by atoms with Gasteiger partial charge in [-0.1, -0.05) is 0 Å². The van der Waals surface area contributed by atoms with Crippen molar-refractivity contribution >= 4 is 11.6 Å². The number of halogens is 1. The first-order chi connectivity index (χ1) is 8.61. The van der Waals surface area contributed by atoms with Crippen molar-refractivity contribution in [2.45, 2.75) is 24.3 Å². The lowest BCUT2D eigenvalue weighted by Crippen LogP contribution is -2.34. The number of rotatable bonds is 2. The summed E-state index contributed by atoms with van der Waals surface area (Å²) in [5.41, 5.74) is -0.754. The Hall–Kier alpha value is -1.07. The molecule has 2 fully saturated rings. The largest absolute Gasteiger partial charge is 0.396 e.